The van der Waals surface area contributed by atoms with Crippen LogP contribution in [0.2, 0.25) is 0 Å². The van der Waals surface area contributed by atoms with Gasteiger partial charge in [-0.3, -0.25) is 0 Å². The predicted octanol–water partition coefficient (Wildman–Crippen LogP) is 5.87. The lowest BCUT2D eigenvalue weighted by molar-refractivity contribution is 0.122. The highest BCUT2D eigenvalue weighted by molar-refractivity contribution is 5.97. The maximum atomic E-state index is 5.45. The van der Waals surface area contributed by atoms with E-state index in [4.69, 9.17) is 9.72 Å². The molecular weight excluding hydrogens is 422 g/mol. The number of fused-ring (bicyclic) bond motifs is 1. The van der Waals surface area contributed by atoms with E-state index in [1.54, 1.807) is 6.20 Å². The smallest absolute Gasteiger partial charge is 0.227 e. The van der Waals surface area contributed by atoms with Crippen molar-refractivity contribution in [2.45, 2.75) is 0 Å². The quantitative estimate of drug-likeness (QED) is 0.353. The number of anilines is 3. The molecule has 0 aliphatic carbocycles. The van der Waals surface area contributed by atoms with E-state index in [0.717, 1.165) is 54.2 Å². The van der Waals surface area contributed by atoms with Gasteiger partial charge in [-0.1, -0.05) is 36.4 Å². The standard InChI is InChI=1S/C28H25N5O/c1-2-4-20(5-3-1)21-6-11-26-24(18-21)25(19-30-26)27-12-13-29-28(32-27)31-22-7-9-23(10-8-22)33-14-16-34-17-15-33/h1-13,18-19,30H,14-17H2,(H,29,31,32). The van der Waals surface area contributed by atoms with Gasteiger partial charge >= 0.3 is 0 Å². The molecule has 2 N–H and O–H groups in total. The van der Waals surface area contributed by atoms with Crippen LogP contribution in [0.25, 0.3) is 33.3 Å². The van der Waals surface area contributed by atoms with E-state index in [-0.39, 0.29) is 0 Å². The summed E-state index contributed by atoms with van der Waals surface area (Å²) < 4.78 is 5.45. The summed E-state index contributed by atoms with van der Waals surface area (Å²) in [6.07, 6.45) is 3.81. The first-order valence-electron chi connectivity index (χ1n) is 11.5. The average molecular weight is 448 g/mol. The van der Waals surface area contributed by atoms with Crippen molar-refractivity contribution in [1.82, 2.24) is 15.0 Å². The first-order chi connectivity index (χ1) is 16.8. The van der Waals surface area contributed by atoms with Crippen LogP contribution in [0.1, 0.15) is 0 Å². The van der Waals surface area contributed by atoms with Crippen molar-refractivity contribution in [3.63, 3.8) is 0 Å². The van der Waals surface area contributed by atoms with Crippen molar-refractivity contribution in [1.29, 1.82) is 0 Å². The summed E-state index contributed by atoms with van der Waals surface area (Å²) in [6, 6.07) is 27.2. The number of morpholine rings is 1. The zero-order valence-electron chi connectivity index (χ0n) is 18.7. The number of aromatic amines is 1. The summed E-state index contributed by atoms with van der Waals surface area (Å²) in [5.41, 5.74) is 7.56. The molecule has 5 aromatic rings. The van der Waals surface area contributed by atoms with E-state index in [2.05, 4.69) is 86.9 Å². The Balaban J connectivity index is 1.26. The van der Waals surface area contributed by atoms with E-state index in [1.807, 2.05) is 18.3 Å². The van der Waals surface area contributed by atoms with Gasteiger partial charge in [-0.05, 0) is 53.6 Å². The molecule has 2 aromatic heterocycles. The summed E-state index contributed by atoms with van der Waals surface area (Å²) in [4.78, 5) is 15.0. The highest BCUT2D eigenvalue weighted by Crippen LogP contribution is 2.32. The third kappa shape index (κ3) is 4.11. The lowest BCUT2D eigenvalue weighted by Gasteiger charge is -2.28. The molecule has 34 heavy (non-hydrogen) atoms. The molecule has 1 aliphatic heterocycles. The van der Waals surface area contributed by atoms with Gasteiger partial charge in [-0.2, -0.15) is 0 Å². The first kappa shape index (κ1) is 20.4. The van der Waals surface area contributed by atoms with Crippen LogP contribution in [0, 0.1) is 0 Å². The van der Waals surface area contributed by atoms with Crippen LogP contribution in [0.4, 0.5) is 17.3 Å². The molecule has 3 aromatic carbocycles. The summed E-state index contributed by atoms with van der Waals surface area (Å²) >= 11 is 0. The van der Waals surface area contributed by atoms with Crippen molar-refractivity contribution in [2.24, 2.45) is 0 Å². The van der Waals surface area contributed by atoms with Crippen LogP contribution in [-0.4, -0.2) is 41.3 Å². The minimum atomic E-state index is 0.574. The van der Waals surface area contributed by atoms with Crippen LogP contribution in [0.3, 0.4) is 0 Å². The number of aromatic nitrogens is 3. The van der Waals surface area contributed by atoms with Crippen molar-refractivity contribution in [3.05, 3.63) is 91.3 Å². The fraction of sp³-hybridized carbons (Fsp3) is 0.143. The second-order valence-electron chi connectivity index (χ2n) is 8.37. The van der Waals surface area contributed by atoms with Gasteiger partial charge < -0.3 is 19.9 Å². The molecule has 0 amide bonds. The number of benzene rings is 3. The van der Waals surface area contributed by atoms with Crippen molar-refractivity contribution < 1.29 is 4.74 Å². The van der Waals surface area contributed by atoms with Gasteiger partial charge in [-0.15, -0.1) is 0 Å². The summed E-state index contributed by atoms with van der Waals surface area (Å²) in [6.45, 7) is 3.41. The van der Waals surface area contributed by atoms with Gasteiger partial charge in [-0.25, -0.2) is 9.97 Å². The first-order valence-corrected chi connectivity index (χ1v) is 11.5. The lowest BCUT2D eigenvalue weighted by Crippen LogP contribution is -2.36. The maximum Gasteiger partial charge on any atom is 0.227 e. The number of nitrogens with one attached hydrogen (secondary N) is 2. The second-order valence-corrected chi connectivity index (χ2v) is 8.37. The number of rotatable bonds is 5. The molecule has 0 saturated carbocycles. The molecule has 6 nitrogen and oxygen atoms in total. The van der Waals surface area contributed by atoms with Crippen molar-refractivity contribution in [2.75, 3.05) is 36.5 Å². The van der Waals surface area contributed by atoms with Gasteiger partial charge in [0.25, 0.3) is 0 Å². The molecule has 1 saturated heterocycles. The van der Waals surface area contributed by atoms with Crippen LogP contribution in [-0.2, 0) is 4.74 Å². The van der Waals surface area contributed by atoms with Crippen molar-refractivity contribution in [3.8, 4) is 22.4 Å². The topological polar surface area (TPSA) is 66.1 Å². The number of hydrogen-bond acceptors (Lipinski definition) is 5. The third-order valence-electron chi connectivity index (χ3n) is 6.22. The molecule has 0 spiro atoms. The second kappa shape index (κ2) is 9.00. The Labute approximate surface area is 198 Å². The van der Waals surface area contributed by atoms with E-state index in [9.17, 15) is 0 Å². The monoisotopic (exact) mass is 447 g/mol. The van der Waals surface area contributed by atoms with E-state index >= 15 is 0 Å². The van der Waals surface area contributed by atoms with Gasteiger partial charge in [0, 0.05) is 53.3 Å². The van der Waals surface area contributed by atoms with Gasteiger partial charge in [0.15, 0.2) is 0 Å². The van der Waals surface area contributed by atoms with Crippen LogP contribution in [0.5, 0.6) is 0 Å². The zero-order valence-corrected chi connectivity index (χ0v) is 18.7. The zero-order chi connectivity index (χ0) is 22.7. The Morgan fingerprint density at radius 1 is 0.853 bits per heavy atom. The maximum absolute atomic E-state index is 5.45. The fourth-order valence-corrected chi connectivity index (χ4v) is 4.42. The van der Waals surface area contributed by atoms with Crippen molar-refractivity contribution >= 4 is 28.2 Å². The molecule has 168 valence electrons. The predicted molar refractivity (Wildman–Crippen MR) is 138 cm³/mol. The largest absolute Gasteiger partial charge is 0.378 e. The van der Waals surface area contributed by atoms with Gasteiger partial charge in [0.1, 0.15) is 0 Å². The Morgan fingerprint density at radius 2 is 1.68 bits per heavy atom. The van der Waals surface area contributed by atoms with E-state index in [1.165, 1.54) is 16.8 Å². The number of hydrogen-bond donors (Lipinski definition) is 2. The summed E-state index contributed by atoms with van der Waals surface area (Å²) in [5.74, 6) is 0.574. The Hall–Kier alpha value is -4.16. The summed E-state index contributed by atoms with van der Waals surface area (Å²) in [7, 11) is 0. The Kier molecular flexibility index (Phi) is 5.41. The molecule has 6 heteroatoms. The number of nitrogens with zero attached hydrogens (tertiary/aromatic N) is 3. The fourth-order valence-electron chi connectivity index (χ4n) is 4.42. The van der Waals surface area contributed by atoms with Crippen LogP contribution < -0.4 is 10.2 Å². The molecule has 0 unspecified atom stereocenters. The average Bonchev–Trinajstić information content (AvgIpc) is 3.34. The highest BCUT2D eigenvalue weighted by Gasteiger charge is 2.12. The lowest BCUT2D eigenvalue weighted by atomic mass is 10.0. The summed E-state index contributed by atoms with van der Waals surface area (Å²) in [5, 5.41) is 4.49. The molecule has 1 fully saturated rings. The molecule has 1 aliphatic rings. The molecule has 0 radical (unpaired) electrons. The SMILES string of the molecule is c1ccc(-c2ccc3[nH]cc(-c4ccnc(Nc5ccc(N6CCOCC6)cc5)n4)c3c2)cc1. The Bertz CT molecular complexity index is 1410. The minimum absolute atomic E-state index is 0.574. The minimum Gasteiger partial charge on any atom is -0.378 e. The van der Waals surface area contributed by atoms with E-state index in [0.29, 0.717) is 5.95 Å². The molecule has 0 bridgehead atoms. The highest BCUT2D eigenvalue weighted by atomic mass is 16.5. The van der Waals surface area contributed by atoms with Gasteiger partial charge in [0.2, 0.25) is 5.95 Å². The third-order valence-corrected chi connectivity index (χ3v) is 6.22. The van der Waals surface area contributed by atoms with E-state index < -0.39 is 0 Å². The van der Waals surface area contributed by atoms with Crippen LogP contribution >= 0.6 is 0 Å². The normalized spacial score (nSPS) is 13.8. The number of H-pyrrole nitrogens is 1. The Morgan fingerprint density at radius 3 is 2.50 bits per heavy atom. The molecule has 6 rings (SSSR count). The number of ether oxygens (including phenoxy) is 1. The molecular formula is C28H25N5O. The molecule has 3 heterocycles. The van der Waals surface area contributed by atoms with Gasteiger partial charge in [0.05, 0.1) is 18.9 Å². The molecule has 0 atom stereocenters. The van der Waals surface area contributed by atoms with Crippen LogP contribution in [0.15, 0.2) is 91.3 Å².